The maximum Gasteiger partial charge on any atom is 0.335 e. The summed E-state index contributed by atoms with van der Waals surface area (Å²) in [6, 6.07) is 20.9. The van der Waals surface area contributed by atoms with E-state index in [9.17, 15) is 14.7 Å². The van der Waals surface area contributed by atoms with Gasteiger partial charge in [0.15, 0.2) is 5.11 Å². The molecule has 39 heavy (non-hydrogen) atoms. The van der Waals surface area contributed by atoms with Crippen molar-refractivity contribution in [1.82, 2.24) is 14.9 Å². The highest BCUT2D eigenvalue weighted by molar-refractivity contribution is 7.80. The summed E-state index contributed by atoms with van der Waals surface area (Å²) >= 11 is 12.4. The third kappa shape index (κ3) is 5.35. The number of nitrogens with zero attached hydrogens (tertiary/aromatic N) is 3. The van der Waals surface area contributed by atoms with E-state index < -0.39 is 5.97 Å². The number of nitrogens with one attached hydrogen (secondary N) is 2. The zero-order valence-electron chi connectivity index (χ0n) is 20.7. The fourth-order valence-electron chi connectivity index (χ4n) is 4.67. The van der Waals surface area contributed by atoms with E-state index in [0.29, 0.717) is 27.2 Å². The van der Waals surface area contributed by atoms with Gasteiger partial charge in [0.2, 0.25) is 5.91 Å². The van der Waals surface area contributed by atoms with E-state index in [4.69, 9.17) is 28.6 Å². The van der Waals surface area contributed by atoms with Crippen molar-refractivity contribution in [3.05, 3.63) is 107 Å². The number of pyridine rings is 1. The van der Waals surface area contributed by atoms with E-state index in [1.165, 1.54) is 7.11 Å². The average Bonchev–Trinajstić information content (AvgIpc) is 3.55. The quantitative estimate of drug-likeness (QED) is 0.258. The summed E-state index contributed by atoms with van der Waals surface area (Å²) in [7, 11) is 1.44. The number of hydrogen-bond donors (Lipinski definition) is 3. The van der Waals surface area contributed by atoms with Crippen molar-refractivity contribution in [2.45, 2.75) is 12.1 Å². The van der Waals surface area contributed by atoms with Gasteiger partial charge in [0.1, 0.15) is 12.6 Å². The molecule has 4 aromatic rings. The first-order chi connectivity index (χ1) is 18.9. The molecule has 2 aromatic carbocycles. The lowest BCUT2D eigenvalue weighted by atomic mass is 10.0. The van der Waals surface area contributed by atoms with Crippen molar-refractivity contribution in [3.8, 4) is 5.69 Å². The summed E-state index contributed by atoms with van der Waals surface area (Å²) < 4.78 is 6.82. The molecule has 2 unspecified atom stereocenters. The van der Waals surface area contributed by atoms with Gasteiger partial charge < -0.3 is 29.9 Å². The first-order valence-corrected chi connectivity index (χ1v) is 12.8. The molecule has 0 bridgehead atoms. The molecule has 0 aliphatic carbocycles. The van der Waals surface area contributed by atoms with Crippen molar-refractivity contribution in [2.75, 3.05) is 23.9 Å². The lowest BCUT2D eigenvalue weighted by Gasteiger charge is -2.29. The lowest BCUT2D eigenvalue weighted by molar-refractivity contribution is -0.119. The Labute approximate surface area is 235 Å². The molecule has 9 nitrogen and oxygen atoms in total. The second kappa shape index (κ2) is 11.2. The Balaban J connectivity index is 1.60. The highest BCUT2D eigenvalue weighted by Gasteiger charge is 2.42. The number of methoxy groups -OCH3 is 1. The number of rotatable bonds is 8. The van der Waals surface area contributed by atoms with Gasteiger partial charge in [-0.15, -0.1) is 0 Å². The fourth-order valence-corrected chi connectivity index (χ4v) is 5.23. The van der Waals surface area contributed by atoms with Gasteiger partial charge in [-0.05, 0) is 72.9 Å². The Morgan fingerprint density at radius 3 is 2.67 bits per heavy atom. The number of anilines is 2. The van der Waals surface area contributed by atoms with Gasteiger partial charge in [-0.25, -0.2) is 4.79 Å². The van der Waals surface area contributed by atoms with Crippen LogP contribution >= 0.6 is 23.8 Å². The maximum absolute atomic E-state index is 12.0. The average molecular weight is 562 g/mol. The van der Waals surface area contributed by atoms with Gasteiger partial charge in [-0.1, -0.05) is 23.7 Å². The minimum absolute atomic E-state index is 0.0912. The predicted molar refractivity (Wildman–Crippen MR) is 153 cm³/mol. The number of halogens is 1. The molecule has 5 rings (SSSR count). The maximum atomic E-state index is 12.0. The Bertz CT molecular complexity index is 1540. The molecular formula is C28H24ClN5O4S. The molecule has 0 spiro atoms. The molecule has 2 aromatic heterocycles. The first-order valence-electron chi connectivity index (χ1n) is 12.0. The molecule has 198 valence electrons. The smallest absolute Gasteiger partial charge is 0.335 e. The molecule has 2 atom stereocenters. The summed E-state index contributed by atoms with van der Waals surface area (Å²) in [6.07, 6.45) is 3.61. The number of thiocarbonyl (C=S) groups is 1. The van der Waals surface area contributed by atoms with Crippen LogP contribution in [0.25, 0.3) is 5.69 Å². The van der Waals surface area contributed by atoms with Crippen LogP contribution in [0, 0.1) is 0 Å². The summed E-state index contributed by atoms with van der Waals surface area (Å²) in [5.74, 6) is -1.32. The van der Waals surface area contributed by atoms with Crippen LogP contribution in [0.2, 0.25) is 5.02 Å². The summed E-state index contributed by atoms with van der Waals surface area (Å²) in [5, 5.41) is 16.5. The van der Waals surface area contributed by atoms with Crippen molar-refractivity contribution >= 4 is 52.2 Å². The second-order valence-electron chi connectivity index (χ2n) is 8.80. The van der Waals surface area contributed by atoms with Crippen LogP contribution in [0.5, 0.6) is 0 Å². The van der Waals surface area contributed by atoms with E-state index in [1.807, 2.05) is 58.1 Å². The zero-order chi connectivity index (χ0) is 27.5. The normalized spacial score (nSPS) is 16.7. The molecule has 3 heterocycles. The van der Waals surface area contributed by atoms with Crippen LogP contribution < -0.4 is 15.5 Å². The van der Waals surface area contributed by atoms with Gasteiger partial charge >= 0.3 is 5.97 Å². The van der Waals surface area contributed by atoms with Gasteiger partial charge in [-0.2, -0.15) is 0 Å². The Morgan fingerprint density at radius 1 is 1.10 bits per heavy atom. The number of aromatic carboxylic acids is 1. The Hall–Kier alpha value is -4.25. The van der Waals surface area contributed by atoms with E-state index in [0.717, 1.165) is 11.4 Å². The predicted octanol–water partition coefficient (Wildman–Crippen LogP) is 4.99. The van der Waals surface area contributed by atoms with Crippen LogP contribution in [0.15, 0.2) is 85.2 Å². The lowest BCUT2D eigenvalue weighted by Crippen LogP contribution is -2.30. The number of carboxylic acids is 1. The third-order valence-electron chi connectivity index (χ3n) is 6.33. The van der Waals surface area contributed by atoms with Crippen molar-refractivity contribution in [1.29, 1.82) is 0 Å². The van der Waals surface area contributed by atoms with Crippen LogP contribution in [0.4, 0.5) is 11.4 Å². The molecule has 0 radical (unpaired) electrons. The minimum Gasteiger partial charge on any atom is -0.478 e. The monoisotopic (exact) mass is 561 g/mol. The van der Waals surface area contributed by atoms with E-state index in [2.05, 4.69) is 15.6 Å². The van der Waals surface area contributed by atoms with Crippen molar-refractivity contribution < 1.29 is 19.4 Å². The van der Waals surface area contributed by atoms with Crippen molar-refractivity contribution in [3.63, 3.8) is 0 Å². The number of carbonyl (C=O) groups excluding carboxylic acids is 1. The van der Waals surface area contributed by atoms with Gasteiger partial charge in [0.05, 0.1) is 28.0 Å². The molecule has 1 saturated heterocycles. The number of carboxylic acid groups (broad SMARTS) is 1. The zero-order valence-corrected chi connectivity index (χ0v) is 22.3. The van der Waals surface area contributed by atoms with Gasteiger partial charge in [-0.3, -0.25) is 9.78 Å². The number of amides is 1. The fraction of sp³-hybridized carbons (Fsp3) is 0.143. The standard InChI is InChI=1S/C28H24ClN5O4S/c1-38-16-24(35)31-21-11-10-19(15-20(21)29)34-26(25(32-28(34)39)22-8-2-3-12-30-22)23-9-5-13-33(23)18-7-4-6-17(14-18)27(36)37/h2-15,25-26H,16H2,1H3,(H,31,35)(H,32,39)(H,36,37). The van der Waals surface area contributed by atoms with Crippen LogP contribution in [-0.2, 0) is 9.53 Å². The van der Waals surface area contributed by atoms with Crippen LogP contribution in [0.3, 0.4) is 0 Å². The highest BCUT2D eigenvalue weighted by Crippen LogP contribution is 2.43. The SMILES string of the molecule is COCC(=O)Nc1ccc(N2C(=S)NC(c3ccccn3)C2c2cccn2-c2cccc(C(=O)O)c2)cc1Cl. The number of ether oxygens (including phenoxy) is 1. The molecular weight excluding hydrogens is 538 g/mol. The summed E-state index contributed by atoms with van der Waals surface area (Å²) in [6.45, 7) is -0.0912. The molecule has 11 heteroatoms. The molecule has 0 saturated carbocycles. The molecule has 3 N–H and O–H groups in total. The minimum atomic E-state index is -1.01. The van der Waals surface area contributed by atoms with Crippen LogP contribution in [0.1, 0.15) is 33.8 Å². The Kier molecular flexibility index (Phi) is 7.60. The number of carbonyl (C=O) groups is 2. The third-order valence-corrected chi connectivity index (χ3v) is 6.96. The summed E-state index contributed by atoms with van der Waals surface area (Å²) in [4.78, 5) is 30.2. The van der Waals surface area contributed by atoms with E-state index >= 15 is 0 Å². The number of aromatic nitrogens is 2. The van der Waals surface area contributed by atoms with Gasteiger partial charge in [0.25, 0.3) is 0 Å². The van der Waals surface area contributed by atoms with Crippen molar-refractivity contribution in [2.24, 2.45) is 0 Å². The summed E-state index contributed by atoms with van der Waals surface area (Å²) in [5.41, 5.74) is 3.68. The largest absolute Gasteiger partial charge is 0.478 e. The van der Waals surface area contributed by atoms with Gasteiger partial charge in [0, 0.05) is 36.6 Å². The first kappa shape index (κ1) is 26.4. The molecule has 1 amide bonds. The topological polar surface area (TPSA) is 109 Å². The molecule has 1 aliphatic rings. The molecule has 1 aliphatic heterocycles. The molecule has 1 fully saturated rings. The highest BCUT2D eigenvalue weighted by atomic mass is 35.5. The number of benzene rings is 2. The van der Waals surface area contributed by atoms with E-state index in [-0.39, 0.29) is 30.2 Å². The number of hydrogen-bond acceptors (Lipinski definition) is 5. The second-order valence-corrected chi connectivity index (χ2v) is 9.59. The Morgan fingerprint density at radius 2 is 1.95 bits per heavy atom. The van der Waals surface area contributed by atoms with E-state index in [1.54, 1.807) is 36.5 Å². The van der Waals surface area contributed by atoms with Crippen LogP contribution in [-0.4, -0.2) is 45.4 Å².